The Kier molecular flexibility index (Phi) is 5.02. The molecule has 0 amide bonds. The summed E-state index contributed by atoms with van der Waals surface area (Å²) in [7, 11) is 1.87. The summed E-state index contributed by atoms with van der Waals surface area (Å²) in [6.07, 6.45) is 6.81. The van der Waals surface area contributed by atoms with Crippen molar-refractivity contribution in [2.24, 2.45) is 11.8 Å². The van der Waals surface area contributed by atoms with E-state index in [4.69, 9.17) is 0 Å². The minimum atomic E-state index is 0.518. The second kappa shape index (κ2) is 6.55. The van der Waals surface area contributed by atoms with Crippen molar-refractivity contribution in [3.05, 3.63) is 10.8 Å². The third kappa shape index (κ3) is 3.38. The van der Waals surface area contributed by atoms with Gasteiger partial charge in [-0.1, -0.05) is 26.7 Å². The Hall–Kier alpha value is -0.840. The topological polar surface area (TPSA) is 49.8 Å². The van der Waals surface area contributed by atoms with Gasteiger partial charge in [-0.3, -0.25) is 0 Å². The molecule has 4 nitrogen and oxygen atoms in total. The molecule has 1 aliphatic rings. The van der Waals surface area contributed by atoms with Gasteiger partial charge >= 0.3 is 0 Å². The molecule has 2 rings (SSSR count). The maximum atomic E-state index is 4.37. The minimum Gasteiger partial charge on any atom is -0.372 e. The van der Waals surface area contributed by atoms with Crippen LogP contribution in [0.4, 0.5) is 11.6 Å². The molecule has 1 heterocycles. The number of nitrogens with one attached hydrogen (secondary N) is 2. The van der Waals surface area contributed by atoms with Crippen molar-refractivity contribution in [1.29, 1.82) is 0 Å². The largest absolute Gasteiger partial charge is 0.372 e. The molecule has 2 unspecified atom stereocenters. The van der Waals surface area contributed by atoms with Gasteiger partial charge in [-0.25, -0.2) is 9.97 Å². The molecule has 1 fully saturated rings. The fraction of sp³-hybridized carbons (Fsp3) is 0.714. The van der Waals surface area contributed by atoms with Crippen molar-refractivity contribution in [2.45, 2.75) is 45.6 Å². The first-order chi connectivity index (χ1) is 9.13. The SMILES string of the molecule is CNc1ncnc(NC2CCCCC2C(C)C)c1Br. The van der Waals surface area contributed by atoms with Gasteiger partial charge in [0, 0.05) is 13.1 Å². The molecule has 0 radical (unpaired) electrons. The Bertz CT molecular complexity index is 422. The summed E-state index contributed by atoms with van der Waals surface area (Å²) in [6.45, 7) is 4.64. The summed E-state index contributed by atoms with van der Waals surface area (Å²) in [5, 5.41) is 6.69. The molecule has 0 aromatic carbocycles. The molecule has 0 bridgehead atoms. The van der Waals surface area contributed by atoms with E-state index in [0.29, 0.717) is 12.0 Å². The second-order valence-electron chi connectivity index (χ2n) is 5.58. The third-order valence-corrected chi connectivity index (χ3v) is 4.78. The van der Waals surface area contributed by atoms with Gasteiger partial charge in [0.05, 0.1) is 0 Å². The normalized spacial score (nSPS) is 23.4. The number of nitrogens with zero attached hydrogens (tertiary/aromatic N) is 2. The van der Waals surface area contributed by atoms with Gasteiger partial charge in [-0.2, -0.15) is 0 Å². The molecule has 0 spiro atoms. The maximum absolute atomic E-state index is 4.37. The summed E-state index contributed by atoms with van der Waals surface area (Å²) in [4.78, 5) is 8.56. The highest BCUT2D eigenvalue weighted by molar-refractivity contribution is 9.10. The van der Waals surface area contributed by atoms with Gasteiger partial charge in [0.2, 0.25) is 0 Å². The summed E-state index contributed by atoms with van der Waals surface area (Å²) in [5.41, 5.74) is 0. The van der Waals surface area contributed by atoms with E-state index in [1.165, 1.54) is 25.7 Å². The van der Waals surface area contributed by atoms with Crippen LogP contribution in [0.5, 0.6) is 0 Å². The van der Waals surface area contributed by atoms with Crippen LogP contribution in [0.1, 0.15) is 39.5 Å². The van der Waals surface area contributed by atoms with Crippen LogP contribution in [0.25, 0.3) is 0 Å². The van der Waals surface area contributed by atoms with E-state index in [-0.39, 0.29) is 0 Å². The van der Waals surface area contributed by atoms with Crippen LogP contribution in [-0.4, -0.2) is 23.1 Å². The number of hydrogen-bond acceptors (Lipinski definition) is 4. The Morgan fingerprint density at radius 2 is 1.89 bits per heavy atom. The van der Waals surface area contributed by atoms with Crippen LogP contribution in [0, 0.1) is 11.8 Å². The third-order valence-electron chi connectivity index (χ3n) is 4.02. The highest BCUT2D eigenvalue weighted by atomic mass is 79.9. The van der Waals surface area contributed by atoms with Gasteiger partial charge in [-0.15, -0.1) is 0 Å². The monoisotopic (exact) mass is 326 g/mol. The van der Waals surface area contributed by atoms with Crippen LogP contribution < -0.4 is 10.6 Å². The maximum Gasteiger partial charge on any atom is 0.146 e. The number of hydrogen-bond donors (Lipinski definition) is 2. The first-order valence-corrected chi connectivity index (χ1v) is 7.87. The Morgan fingerprint density at radius 3 is 2.58 bits per heavy atom. The highest BCUT2D eigenvalue weighted by Crippen LogP contribution is 2.34. The summed E-state index contributed by atoms with van der Waals surface area (Å²) in [5.74, 6) is 3.17. The van der Waals surface area contributed by atoms with E-state index in [1.807, 2.05) is 7.05 Å². The van der Waals surface area contributed by atoms with Crippen molar-refractivity contribution in [3.63, 3.8) is 0 Å². The van der Waals surface area contributed by atoms with Crippen molar-refractivity contribution in [1.82, 2.24) is 9.97 Å². The fourth-order valence-corrected chi connectivity index (χ4v) is 3.47. The molecule has 0 aliphatic heterocycles. The van der Waals surface area contributed by atoms with Crippen LogP contribution in [0.3, 0.4) is 0 Å². The second-order valence-corrected chi connectivity index (χ2v) is 6.37. The fourth-order valence-electron chi connectivity index (χ4n) is 2.96. The highest BCUT2D eigenvalue weighted by Gasteiger charge is 2.28. The van der Waals surface area contributed by atoms with Gasteiger partial charge in [0.1, 0.15) is 22.4 Å². The van der Waals surface area contributed by atoms with Gasteiger partial charge in [0.25, 0.3) is 0 Å². The van der Waals surface area contributed by atoms with Crippen molar-refractivity contribution in [3.8, 4) is 0 Å². The van der Waals surface area contributed by atoms with Gasteiger partial charge < -0.3 is 10.6 Å². The van der Waals surface area contributed by atoms with Crippen LogP contribution >= 0.6 is 15.9 Å². The molecule has 106 valence electrons. The van der Waals surface area contributed by atoms with Crippen molar-refractivity contribution < 1.29 is 0 Å². The Morgan fingerprint density at radius 1 is 1.21 bits per heavy atom. The lowest BCUT2D eigenvalue weighted by atomic mass is 9.78. The predicted molar refractivity (Wildman–Crippen MR) is 83.5 cm³/mol. The molecule has 1 aromatic heterocycles. The predicted octanol–water partition coefficient (Wildman–Crippen LogP) is 3.91. The van der Waals surface area contributed by atoms with E-state index in [9.17, 15) is 0 Å². The van der Waals surface area contributed by atoms with Crippen molar-refractivity contribution in [2.75, 3.05) is 17.7 Å². The molecule has 1 saturated carbocycles. The smallest absolute Gasteiger partial charge is 0.146 e. The first-order valence-electron chi connectivity index (χ1n) is 7.08. The lowest BCUT2D eigenvalue weighted by molar-refractivity contribution is 0.253. The zero-order valence-electron chi connectivity index (χ0n) is 11.9. The molecule has 1 aromatic rings. The first kappa shape index (κ1) is 14.6. The van der Waals surface area contributed by atoms with Gasteiger partial charge in [0.15, 0.2) is 0 Å². The quantitative estimate of drug-likeness (QED) is 0.880. The summed E-state index contributed by atoms with van der Waals surface area (Å²) < 4.78 is 0.922. The van der Waals surface area contributed by atoms with Crippen LogP contribution in [-0.2, 0) is 0 Å². The molecule has 19 heavy (non-hydrogen) atoms. The Labute approximate surface area is 123 Å². The van der Waals surface area contributed by atoms with Crippen molar-refractivity contribution >= 4 is 27.6 Å². The molecule has 0 saturated heterocycles. The number of anilines is 2. The van der Waals surface area contributed by atoms with E-state index in [1.54, 1.807) is 6.33 Å². The van der Waals surface area contributed by atoms with Gasteiger partial charge in [-0.05, 0) is 40.6 Å². The zero-order valence-corrected chi connectivity index (χ0v) is 13.5. The van der Waals surface area contributed by atoms with E-state index >= 15 is 0 Å². The molecule has 5 heteroatoms. The molecule has 2 N–H and O–H groups in total. The standard InChI is InChI=1S/C14H23BrN4/c1-9(2)10-6-4-5-7-11(10)19-14-12(15)13(16-3)17-8-18-14/h8-11H,4-7H2,1-3H3,(H2,16,17,18,19). The minimum absolute atomic E-state index is 0.518. The molecule has 2 atom stereocenters. The number of aromatic nitrogens is 2. The average Bonchev–Trinajstić information content (AvgIpc) is 2.41. The lowest BCUT2D eigenvalue weighted by Crippen LogP contribution is -2.35. The summed E-state index contributed by atoms with van der Waals surface area (Å²) in [6, 6.07) is 0.518. The van der Waals surface area contributed by atoms with E-state index in [2.05, 4.69) is 50.4 Å². The van der Waals surface area contributed by atoms with E-state index < -0.39 is 0 Å². The lowest BCUT2D eigenvalue weighted by Gasteiger charge is -2.35. The van der Waals surface area contributed by atoms with Crippen LogP contribution in [0.2, 0.25) is 0 Å². The van der Waals surface area contributed by atoms with Crippen LogP contribution in [0.15, 0.2) is 10.8 Å². The van der Waals surface area contributed by atoms with E-state index in [0.717, 1.165) is 22.0 Å². The Balaban J connectivity index is 2.15. The summed E-state index contributed by atoms with van der Waals surface area (Å²) >= 11 is 3.58. The average molecular weight is 327 g/mol. The zero-order chi connectivity index (χ0) is 13.8. The molecular weight excluding hydrogens is 304 g/mol. The number of rotatable bonds is 4. The molecule has 1 aliphatic carbocycles. The molecular formula is C14H23BrN4. The number of halogens is 1.